The molecule has 2 rings (SSSR count). The third kappa shape index (κ3) is 3.16. The topological polar surface area (TPSA) is 90.1 Å². The molecule has 8 heteroatoms. The molecule has 7 nitrogen and oxygen atoms in total. The Bertz CT molecular complexity index is 724. The summed E-state index contributed by atoms with van der Waals surface area (Å²) in [4.78, 5) is 22.8. The van der Waals surface area contributed by atoms with Gasteiger partial charge in [-0.3, -0.25) is 19.6 Å². The summed E-state index contributed by atoms with van der Waals surface area (Å²) in [6.45, 7) is 4.79. The van der Waals surface area contributed by atoms with E-state index in [4.69, 9.17) is 0 Å². The predicted octanol–water partition coefficient (Wildman–Crippen LogP) is 3.37. The van der Waals surface area contributed by atoms with Crippen LogP contribution in [0.2, 0.25) is 0 Å². The Hall–Kier alpha value is -2.22. The molecular formula is C14H15BrN4O3. The molecule has 0 radical (unpaired) electrons. The normalized spacial score (nSPS) is 12.0. The van der Waals surface area contributed by atoms with Crippen molar-refractivity contribution in [3.8, 4) is 0 Å². The summed E-state index contributed by atoms with van der Waals surface area (Å²) in [5.41, 5.74) is 1.26. The number of nitrogens with one attached hydrogen (secondary N) is 1. The first kappa shape index (κ1) is 16.2. The number of aryl methyl sites for hydroxylation is 1. The summed E-state index contributed by atoms with van der Waals surface area (Å²) >= 11 is 3.32. The molecule has 0 aliphatic rings. The number of amides is 1. The van der Waals surface area contributed by atoms with Gasteiger partial charge in [-0.05, 0) is 45.0 Å². The largest absolute Gasteiger partial charge is 0.324 e. The maximum atomic E-state index is 12.3. The molecule has 0 aliphatic carbocycles. The maximum absolute atomic E-state index is 12.3. The van der Waals surface area contributed by atoms with Crippen LogP contribution in [-0.4, -0.2) is 20.6 Å². The van der Waals surface area contributed by atoms with E-state index in [9.17, 15) is 14.9 Å². The fraction of sp³-hybridized carbons (Fsp3) is 0.286. The van der Waals surface area contributed by atoms with Crippen LogP contribution in [0.25, 0.3) is 0 Å². The van der Waals surface area contributed by atoms with Crippen molar-refractivity contribution < 1.29 is 9.72 Å². The number of nitro groups is 1. The van der Waals surface area contributed by atoms with Crippen molar-refractivity contribution in [2.75, 3.05) is 5.32 Å². The lowest BCUT2D eigenvalue weighted by atomic mass is 10.2. The molecule has 2 aromatic rings. The van der Waals surface area contributed by atoms with E-state index in [1.165, 1.54) is 4.68 Å². The third-order valence-electron chi connectivity index (χ3n) is 3.33. The van der Waals surface area contributed by atoms with Gasteiger partial charge in [-0.1, -0.05) is 15.9 Å². The number of anilines is 1. The van der Waals surface area contributed by atoms with Crippen LogP contribution in [0.3, 0.4) is 0 Å². The molecule has 0 saturated heterocycles. The molecule has 1 atom stereocenters. The average Bonchev–Trinajstić information content (AvgIpc) is 2.75. The van der Waals surface area contributed by atoms with Crippen LogP contribution in [0.5, 0.6) is 0 Å². The first-order chi connectivity index (χ1) is 10.3. The first-order valence-corrected chi connectivity index (χ1v) is 7.37. The van der Waals surface area contributed by atoms with Gasteiger partial charge in [0.2, 0.25) is 5.91 Å². The Balaban J connectivity index is 2.22. The van der Waals surface area contributed by atoms with Gasteiger partial charge in [-0.15, -0.1) is 0 Å². The molecule has 1 aromatic heterocycles. The molecule has 1 unspecified atom stereocenters. The molecule has 0 saturated carbocycles. The molecule has 0 spiro atoms. The minimum Gasteiger partial charge on any atom is -0.324 e. The number of halogens is 1. The van der Waals surface area contributed by atoms with Crippen LogP contribution in [0.4, 0.5) is 11.4 Å². The number of rotatable bonds is 4. The van der Waals surface area contributed by atoms with Crippen molar-refractivity contribution in [3.05, 3.63) is 50.2 Å². The summed E-state index contributed by atoms with van der Waals surface area (Å²) in [6.07, 6.45) is 0. The number of nitrogens with zero attached hydrogens (tertiary/aromatic N) is 3. The zero-order valence-electron chi connectivity index (χ0n) is 12.3. The van der Waals surface area contributed by atoms with Crippen molar-refractivity contribution >= 4 is 33.2 Å². The van der Waals surface area contributed by atoms with Gasteiger partial charge in [0.25, 0.3) is 0 Å². The molecule has 1 N–H and O–H groups in total. The van der Waals surface area contributed by atoms with Gasteiger partial charge in [0.05, 0.1) is 4.92 Å². The number of hydrogen-bond donors (Lipinski definition) is 1. The summed E-state index contributed by atoms with van der Waals surface area (Å²) in [6, 6.07) is 6.50. The number of hydrogen-bond acceptors (Lipinski definition) is 4. The van der Waals surface area contributed by atoms with Crippen LogP contribution in [0.1, 0.15) is 24.4 Å². The van der Waals surface area contributed by atoms with Gasteiger partial charge in [0, 0.05) is 10.2 Å². The Labute approximate surface area is 135 Å². The van der Waals surface area contributed by atoms with Gasteiger partial charge < -0.3 is 5.32 Å². The van der Waals surface area contributed by atoms with E-state index in [0.717, 1.165) is 4.47 Å². The lowest BCUT2D eigenvalue weighted by molar-refractivity contribution is -0.386. The lowest BCUT2D eigenvalue weighted by Gasteiger charge is -2.14. The summed E-state index contributed by atoms with van der Waals surface area (Å²) in [5, 5.41) is 17.9. The highest BCUT2D eigenvalue weighted by Gasteiger charge is 2.27. The average molecular weight is 367 g/mol. The minimum absolute atomic E-state index is 0.0525. The van der Waals surface area contributed by atoms with Crippen LogP contribution in [-0.2, 0) is 4.79 Å². The fourth-order valence-electron chi connectivity index (χ4n) is 2.19. The number of benzene rings is 1. The van der Waals surface area contributed by atoms with Crippen molar-refractivity contribution in [1.29, 1.82) is 0 Å². The van der Waals surface area contributed by atoms with Crippen LogP contribution in [0.15, 0.2) is 28.7 Å². The highest BCUT2D eigenvalue weighted by molar-refractivity contribution is 9.10. The van der Waals surface area contributed by atoms with Crippen LogP contribution < -0.4 is 5.32 Å². The third-order valence-corrected chi connectivity index (χ3v) is 3.86. The molecule has 0 fully saturated rings. The Morgan fingerprint density at radius 1 is 1.36 bits per heavy atom. The Kier molecular flexibility index (Phi) is 4.60. The van der Waals surface area contributed by atoms with Crippen molar-refractivity contribution in [1.82, 2.24) is 9.78 Å². The number of carbonyl (C=O) groups is 1. The van der Waals surface area contributed by atoms with E-state index in [0.29, 0.717) is 17.1 Å². The standard InChI is InChI=1S/C14H15BrN4O3/c1-8-13(19(21)22)9(2)18(17-8)10(3)14(20)16-12-6-4-11(15)5-7-12/h4-7,10H,1-3H3,(H,16,20). The van der Waals surface area contributed by atoms with Crippen LogP contribution >= 0.6 is 15.9 Å². The maximum Gasteiger partial charge on any atom is 0.312 e. The predicted molar refractivity (Wildman–Crippen MR) is 85.8 cm³/mol. The second-order valence-electron chi connectivity index (χ2n) is 4.89. The van der Waals surface area contributed by atoms with Crippen molar-refractivity contribution in [2.24, 2.45) is 0 Å². The second kappa shape index (κ2) is 6.27. The highest BCUT2D eigenvalue weighted by Crippen LogP contribution is 2.25. The van der Waals surface area contributed by atoms with Crippen LogP contribution in [0, 0.1) is 24.0 Å². The fourth-order valence-corrected chi connectivity index (χ4v) is 2.45. The van der Waals surface area contributed by atoms with E-state index in [-0.39, 0.29) is 11.6 Å². The molecular weight excluding hydrogens is 352 g/mol. The van der Waals surface area contributed by atoms with Gasteiger partial charge in [-0.25, -0.2) is 0 Å². The molecule has 1 heterocycles. The number of aromatic nitrogens is 2. The highest BCUT2D eigenvalue weighted by atomic mass is 79.9. The van der Waals surface area contributed by atoms with Crippen molar-refractivity contribution in [3.63, 3.8) is 0 Å². The molecule has 1 aromatic carbocycles. The second-order valence-corrected chi connectivity index (χ2v) is 5.81. The van der Waals surface area contributed by atoms with E-state index >= 15 is 0 Å². The van der Waals surface area contributed by atoms with E-state index in [1.54, 1.807) is 32.9 Å². The number of carbonyl (C=O) groups excluding carboxylic acids is 1. The van der Waals surface area contributed by atoms with E-state index in [2.05, 4.69) is 26.3 Å². The first-order valence-electron chi connectivity index (χ1n) is 6.57. The zero-order chi connectivity index (χ0) is 16.4. The van der Waals surface area contributed by atoms with E-state index < -0.39 is 11.0 Å². The van der Waals surface area contributed by atoms with Crippen molar-refractivity contribution in [2.45, 2.75) is 26.8 Å². The monoisotopic (exact) mass is 366 g/mol. The van der Waals surface area contributed by atoms with Gasteiger partial charge >= 0.3 is 5.69 Å². The lowest BCUT2D eigenvalue weighted by Crippen LogP contribution is -2.25. The van der Waals surface area contributed by atoms with Gasteiger partial charge in [0.1, 0.15) is 17.4 Å². The van der Waals surface area contributed by atoms with E-state index in [1.807, 2.05) is 12.1 Å². The quantitative estimate of drug-likeness (QED) is 0.663. The molecule has 1 amide bonds. The van der Waals surface area contributed by atoms with Gasteiger partial charge in [-0.2, -0.15) is 5.10 Å². The SMILES string of the molecule is Cc1nn(C(C)C(=O)Nc2ccc(Br)cc2)c(C)c1[N+](=O)[O-]. The Morgan fingerprint density at radius 3 is 2.45 bits per heavy atom. The molecule has 0 aliphatic heterocycles. The minimum atomic E-state index is -0.656. The summed E-state index contributed by atoms with van der Waals surface area (Å²) < 4.78 is 2.29. The summed E-state index contributed by atoms with van der Waals surface area (Å²) in [5.74, 6) is -0.289. The summed E-state index contributed by atoms with van der Waals surface area (Å²) in [7, 11) is 0. The molecule has 0 bridgehead atoms. The Morgan fingerprint density at radius 2 is 1.95 bits per heavy atom. The van der Waals surface area contributed by atoms with Gasteiger partial charge in [0.15, 0.2) is 0 Å². The smallest absolute Gasteiger partial charge is 0.312 e. The zero-order valence-corrected chi connectivity index (χ0v) is 13.9. The molecule has 116 valence electrons. The molecule has 22 heavy (non-hydrogen) atoms.